The van der Waals surface area contributed by atoms with Crippen molar-refractivity contribution >= 4 is 11.3 Å². The van der Waals surface area contributed by atoms with Crippen LogP contribution < -0.4 is 5.32 Å². The summed E-state index contributed by atoms with van der Waals surface area (Å²) in [5, 5.41) is 6.89. The molecule has 3 heteroatoms. The van der Waals surface area contributed by atoms with Crippen molar-refractivity contribution in [1.82, 2.24) is 10.3 Å². The third kappa shape index (κ3) is 5.61. The molecule has 0 bridgehead atoms. The number of thiazole rings is 1. The maximum atomic E-state index is 4.51. The van der Waals surface area contributed by atoms with Crippen LogP contribution in [0.25, 0.3) is 0 Å². The lowest BCUT2D eigenvalue weighted by Crippen LogP contribution is -2.37. The second kappa shape index (κ2) is 5.78. The molecule has 0 spiro atoms. The van der Waals surface area contributed by atoms with Crippen LogP contribution in [-0.2, 0) is 6.42 Å². The summed E-state index contributed by atoms with van der Waals surface area (Å²) in [5.74, 6) is 0.705. The summed E-state index contributed by atoms with van der Waals surface area (Å²) in [4.78, 5) is 4.51. The van der Waals surface area contributed by atoms with Gasteiger partial charge in [0.15, 0.2) is 0 Å². The molecule has 1 rings (SSSR count). The topological polar surface area (TPSA) is 24.9 Å². The van der Waals surface area contributed by atoms with Crippen LogP contribution in [0, 0.1) is 12.8 Å². The fourth-order valence-electron chi connectivity index (χ4n) is 1.65. The summed E-state index contributed by atoms with van der Waals surface area (Å²) in [5.41, 5.74) is 1.49. The molecule has 1 atom stereocenters. The van der Waals surface area contributed by atoms with Crippen molar-refractivity contribution in [2.45, 2.75) is 53.0 Å². The lowest BCUT2D eigenvalue weighted by molar-refractivity contribution is 0.393. The van der Waals surface area contributed by atoms with E-state index in [4.69, 9.17) is 0 Å². The van der Waals surface area contributed by atoms with Gasteiger partial charge in [0.05, 0.1) is 10.7 Å². The molecule has 0 saturated heterocycles. The smallest absolute Gasteiger partial charge is 0.0897 e. The number of hydrogen-bond acceptors (Lipinski definition) is 3. The number of aromatic nitrogens is 1. The van der Waals surface area contributed by atoms with E-state index in [2.05, 4.69) is 50.3 Å². The van der Waals surface area contributed by atoms with Crippen molar-refractivity contribution in [1.29, 1.82) is 0 Å². The Morgan fingerprint density at radius 2 is 2.12 bits per heavy atom. The van der Waals surface area contributed by atoms with E-state index in [0.29, 0.717) is 5.92 Å². The minimum Gasteiger partial charge on any atom is -0.312 e. The van der Waals surface area contributed by atoms with Gasteiger partial charge < -0.3 is 5.32 Å². The second-order valence-corrected chi connectivity index (χ2v) is 6.69. The van der Waals surface area contributed by atoms with Crippen LogP contribution in [0.15, 0.2) is 5.38 Å². The Morgan fingerprint density at radius 1 is 1.44 bits per heavy atom. The van der Waals surface area contributed by atoms with Gasteiger partial charge in [-0.3, -0.25) is 0 Å². The fourth-order valence-corrected chi connectivity index (χ4v) is 2.28. The highest BCUT2D eigenvalue weighted by Gasteiger charge is 2.10. The molecular weight excluding hydrogens is 216 g/mol. The van der Waals surface area contributed by atoms with Crippen molar-refractivity contribution in [3.63, 3.8) is 0 Å². The Kier molecular flexibility index (Phi) is 4.93. The van der Waals surface area contributed by atoms with Crippen LogP contribution in [0.3, 0.4) is 0 Å². The van der Waals surface area contributed by atoms with Crippen molar-refractivity contribution in [2.24, 2.45) is 5.92 Å². The first kappa shape index (κ1) is 13.7. The van der Waals surface area contributed by atoms with Gasteiger partial charge in [-0.15, -0.1) is 11.3 Å². The Hall–Kier alpha value is -0.410. The van der Waals surface area contributed by atoms with Crippen LogP contribution in [0.5, 0.6) is 0 Å². The minimum absolute atomic E-state index is 0.233. The lowest BCUT2D eigenvalue weighted by Gasteiger charge is -2.21. The highest BCUT2D eigenvalue weighted by Crippen LogP contribution is 2.14. The van der Waals surface area contributed by atoms with Crippen LogP contribution >= 0.6 is 11.3 Å². The van der Waals surface area contributed by atoms with E-state index < -0.39 is 0 Å². The van der Waals surface area contributed by atoms with Gasteiger partial charge in [0, 0.05) is 10.9 Å². The van der Waals surface area contributed by atoms with E-state index in [1.54, 1.807) is 11.3 Å². The van der Waals surface area contributed by atoms with Gasteiger partial charge in [0.25, 0.3) is 0 Å². The standard InChI is InChI=1S/C13H24N2S/c1-10(6-7-14-13(3,4)5)8-12-9-16-11(2)15-12/h9-10,14H,6-8H2,1-5H3. The highest BCUT2D eigenvalue weighted by molar-refractivity contribution is 7.09. The molecule has 1 heterocycles. The predicted molar refractivity (Wildman–Crippen MR) is 72.1 cm³/mol. The van der Waals surface area contributed by atoms with Crippen molar-refractivity contribution in [3.8, 4) is 0 Å². The molecule has 0 radical (unpaired) electrons. The first-order valence-corrected chi connectivity index (χ1v) is 6.91. The summed E-state index contributed by atoms with van der Waals surface area (Å²) >= 11 is 1.75. The molecule has 0 aromatic carbocycles. The Bertz CT molecular complexity index is 312. The van der Waals surface area contributed by atoms with Crippen molar-refractivity contribution < 1.29 is 0 Å². The van der Waals surface area contributed by atoms with E-state index in [0.717, 1.165) is 13.0 Å². The average molecular weight is 240 g/mol. The van der Waals surface area contributed by atoms with Gasteiger partial charge in [-0.2, -0.15) is 0 Å². The normalized spacial score (nSPS) is 14.1. The van der Waals surface area contributed by atoms with E-state index in [1.165, 1.54) is 17.1 Å². The molecule has 1 aromatic heterocycles. The largest absolute Gasteiger partial charge is 0.312 e. The SMILES string of the molecule is Cc1nc(CC(C)CCNC(C)(C)C)cs1. The molecule has 16 heavy (non-hydrogen) atoms. The first-order valence-electron chi connectivity index (χ1n) is 6.03. The predicted octanol–water partition coefficient (Wildman–Crippen LogP) is 3.41. The number of nitrogens with one attached hydrogen (secondary N) is 1. The summed E-state index contributed by atoms with van der Waals surface area (Å²) in [6.07, 6.45) is 2.32. The van der Waals surface area contributed by atoms with Gasteiger partial charge in [-0.1, -0.05) is 6.92 Å². The lowest BCUT2D eigenvalue weighted by atomic mass is 10.0. The number of rotatable bonds is 5. The van der Waals surface area contributed by atoms with Gasteiger partial charge in [-0.05, 0) is 53.0 Å². The molecule has 0 amide bonds. The van der Waals surface area contributed by atoms with Crippen LogP contribution in [0.2, 0.25) is 0 Å². The Labute approximate surface area is 103 Å². The zero-order valence-corrected chi connectivity index (χ0v) is 11.9. The molecule has 1 unspecified atom stereocenters. The molecule has 0 aliphatic heterocycles. The Morgan fingerprint density at radius 3 is 2.62 bits per heavy atom. The zero-order valence-electron chi connectivity index (χ0n) is 11.1. The molecule has 2 nitrogen and oxygen atoms in total. The second-order valence-electron chi connectivity index (χ2n) is 5.63. The third-order valence-electron chi connectivity index (χ3n) is 2.52. The van der Waals surface area contributed by atoms with Gasteiger partial charge >= 0.3 is 0 Å². The summed E-state index contributed by atoms with van der Waals surface area (Å²) in [7, 11) is 0. The van der Waals surface area contributed by atoms with Crippen LogP contribution in [0.1, 0.15) is 44.8 Å². The van der Waals surface area contributed by atoms with Crippen LogP contribution in [-0.4, -0.2) is 17.1 Å². The fraction of sp³-hybridized carbons (Fsp3) is 0.769. The maximum absolute atomic E-state index is 4.51. The molecular formula is C13H24N2S. The molecule has 0 aliphatic carbocycles. The Balaban J connectivity index is 2.23. The summed E-state index contributed by atoms with van der Waals surface area (Å²) in [6, 6.07) is 0. The van der Waals surface area contributed by atoms with Gasteiger partial charge in [-0.25, -0.2) is 4.98 Å². The highest BCUT2D eigenvalue weighted by atomic mass is 32.1. The molecule has 1 N–H and O–H groups in total. The maximum Gasteiger partial charge on any atom is 0.0897 e. The van der Waals surface area contributed by atoms with Gasteiger partial charge in [0.1, 0.15) is 0 Å². The van der Waals surface area contributed by atoms with Gasteiger partial charge in [0.2, 0.25) is 0 Å². The molecule has 0 fully saturated rings. The summed E-state index contributed by atoms with van der Waals surface area (Å²) in [6.45, 7) is 12.1. The first-order chi connectivity index (χ1) is 7.37. The number of aryl methyl sites for hydroxylation is 1. The monoisotopic (exact) mass is 240 g/mol. The van der Waals surface area contributed by atoms with E-state index in [9.17, 15) is 0 Å². The molecule has 0 saturated carbocycles. The molecule has 92 valence electrons. The van der Waals surface area contributed by atoms with Crippen molar-refractivity contribution in [2.75, 3.05) is 6.54 Å². The van der Waals surface area contributed by atoms with E-state index in [1.807, 2.05) is 0 Å². The van der Waals surface area contributed by atoms with Crippen molar-refractivity contribution in [3.05, 3.63) is 16.1 Å². The third-order valence-corrected chi connectivity index (χ3v) is 3.34. The molecule has 1 aromatic rings. The molecule has 0 aliphatic rings. The van der Waals surface area contributed by atoms with E-state index in [-0.39, 0.29) is 5.54 Å². The zero-order chi connectivity index (χ0) is 12.2. The number of nitrogens with zero attached hydrogens (tertiary/aromatic N) is 1. The van der Waals surface area contributed by atoms with Crippen LogP contribution in [0.4, 0.5) is 0 Å². The van der Waals surface area contributed by atoms with E-state index >= 15 is 0 Å². The summed E-state index contributed by atoms with van der Waals surface area (Å²) < 4.78 is 0. The quantitative estimate of drug-likeness (QED) is 0.853. The minimum atomic E-state index is 0.233. The number of hydrogen-bond donors (Lipinski definition) is 1. The average Bonchev–Trinajstić information content (AvgIpc) is 2.48.